The van der Waals surface area contributed by atoms with Gasteiger partial charge in [-0.15, -0.1) is 0 Å². The predicted octanol–water partition coefficient (Wildman–Crippen LogP) is 1.39. The van der Waals surface area contributed by atoms with Gasteiger partial charge in [-0.2, -0.15) is 0 Å². The molecule has 6 nitrogen and oxygen atoms in total. The van der Waals surface area contributed by atoms with E-state index in [2.05, 4.69) is 9.97 Å². The van der Waals surface area contributed by atoms with Crippen LogP contribution in [0.4, 0.5) is 0 Å². The molecule has 2 rings (SSSR count). The topological polar surface area (TPSA) is 85.1 Å². The number of aryl methyl sites for hydroxylation is 2. The molecule has 94 valence electrons. The van der Waals surface area contributed by atoms with Gasteiger partial charge in [-0.1, -0.05) is 11.3 Å². The van der Waals surface area contributed by atoms with Crippen molar-refractivity contribution in [3.05, 3.63) is 33.3 Å². The number of rotatable bonds is 3. The Morgan fingerprint density at radius 1 is 1.56 bits per heavy atom. The summed E-state index contributed by atoms with van der Waals surface area (Å²) >= 11 is 2.12. The first kappa shape index (κ1) is 12.8. The quantitative estimate of drug-likeness (QED) is 0.916. The van der Waals surface area contributed by atoms with Crippen molar-refractivity contribution in [1.82, 2.24) is 14.5 Å². The van der Waals surface area contributed by atoms with Crippen LogP contribution in [0, 0.1) is 6.92 Å². The van der Waals surface area contributed by atoms with Crippen LogP contribution in [-0.4, -0.2) is 25.6 Å². The fourth-order valence-electron chi connectivity index (χ4n) is 1.24. The molecule has 0 unspecified atom stereocenters. The van der Waals surface area contributed by atoms with Crippen molar-refractivity contribution in [2.24, 2.45) is 7.05 Å². The molecule has 0 aliphatic heterocycles. The van der Waals surface area contributed by atoms with Crippen molar-refractivity contribution in [1.29, 1.82) is 0 Å². The van der Waals surface area contributed by atoms with Gasteiger partial charge in [-0.05, 0) is 18.7 Å². The Kier molecular flexibility index (Phi) is 3.48. The van der Waals surface area contributed by atoms with Crippen molar-refractivity contribution in [3.8, 4) is 0 Å². The second kappa shape index (κ2) is 4.91. The largest absolute Gasteiger partial charge is 0.477 e. The van der Waals surface area contributed by atoms with Crippen LogP contribution in [0.25, 0.3) is 0 Å². The third-order valence-electron chi connectivity index (χ3n) is 2.14. The SMILES string of the molecule is Cc1nc(Sc2nccn(C)c2=O)sc1C(=O)O. The number of thiazole rings is 1. The fraction of sp³-hybridized carbons (Fsp3) is 0.200. The van der Waals surface area contributed by atoms with E-state index in [1.165, 1.54) is 10.8 Å². The minimum absolute atomic E-state index is 0.185. The third kappa shape index (κ3) is 2.44. The van der Waals surface area contributed by atoms with E-state index >= 15 is 0 Å². The molecule has 0 amide bonds. The maximum Gasteiger partial charge on any atom is 0.347 e. The lowest BCUT2D eigenvalue weighted by Gasteiger charge is -1.98. The summed E-state index contributed by atoms with van der Waals surface area (Å²) in [5.41, 5.74) is 0.218. The molecule has 0 fully saturated rings. The van der Waals surface area contributed by atoms with Crippen molar-refractivity contribution in [2.45, 2.75) is 16.3 Å². The molecule has 18 heavy (non-hydrogen) atoms. The van der Waals surface area contributed by atoms with Crippen molar-refractivity contribution in [2.75, 3.05) is 0 Å². The molecule has 0 aliphatic carbocycles. The van der Waals surface area contributed by atoms with Gasteiger partial charge in [0.15, 0.2) is 9.37 Å². The van der Waals surface area contributed by atoms with Crippen LogP contribution in [-0.2, 0) is 7.05 Å². The zero-order chi connectivity index (χ0) is 13.3. The van der Waals surface area contributed by atoms with Gasteiger partial charge in [0.05, 0.1) is 5.69 Å². The molecule has 0 atom stereocenters. The fourth-order valence-corrected chi connectivity index (χ4v) is 3.23. The summed E-state index contributed by atoms with van der Waals surface area (Å²) in [7, 11) is 1.63. The average molecular weight is 283 g/mol. The molecular weight excluding hydrogens is 274 g/mol. The van der Waals surface area contributed by atoms with Crippen LogP contribution in [0.15, 0.2) is 26.6 Å². The molecule has 2 heterocycles. The Balaban J connectivity index is 2.35. The predicted molar refractivity (Wildman–Crippen MR) is 67.4 cm³/mol. The van der Waals surface area contributed by atoms with Crippen molar-refractivity contribution in [3.63, 3.8) is 0 Å². The highest BCUT2D eigenvalue weighted by Crippen LogP contribution is 2.30. The van der Waals surface area contributed by atoms with Gasteiger partial charge >= 0.3 is 5.97 Å². The van der Waals surface area contributed by atoms with Crippen LogP contribution >= 0.6 is 23.1 Å². The first-order chi connectivity index (χ1) is 8.49. The second-order valence-corrected chi connectivity index (χ2v) is 5.68. The monoisotopic (exact) mass is 283 g/mol. The molecule has 0 saturated carbocycles. The molecule has 0 spiro atoms. The Morgan fingerprint density at radius 2 is 2.28 bits per heavy atom. The van der Waals surface area contributed by atoms with Crippen LogP contribution in [0.2, 0.25) is 0 Å². The molecule has 0 saturated heterocycles. The lowest BCUT2D eigenvalue weighted by Crippen LogP contribution is -2.18. The maximum absolute atomic E-state index is 11.7. The van der Waals surface area contributed by atoms with Crippen molar-refractivity contribution < 1.29 is 9.90 Å². The lowest BCUT2D eigenvalue weighted by molar-refractivity contribution is 0.0701. The third-order valence-corrected chi connectivity index (χ3v) is 4.32. The standard InChI is InChI=1S/C10H9N3O3S2/c1-5-6(9(15)16)17-10(12-5)18-7-8(14)13(2)4-3-11-7/h3-4H,1-2H3,(H,15,16). The number of carbonyl (C=O) groups is 1. The van der Waals surface area contributed by atoms with Gasteiger partial charge in [0, 0.05) is 19.4 Å². The number of carboxylic acids is 1. The summed E-state index contributed by atoms with van der Waals surface area (Å²) in [4.78, 5) is 30.9. The molecule has 2 aromatic rings. The maximum atomic E-state index is 11.7. The minimum Gasteiger partial charge on any atom is -0.477 e. The zero-order valence-electron chi connectivity index (χ0n) is 9.58. The van der Waals surface area contributed by atoms with E-state index in [9.17, 15) is 9.59 Å². The first-order valence-corrected chi connectivity index (χ1v) is 6.52. The van der Waals surface area contributed by atoms with Crippen LogP contribution in [0.5, 0.6) is 0 Å². The molecule has 0 bridgehead atoms. The highest BCUT2D eigenvalue weighted by atomic mass is 32.2. The van der Waals surface area contributed by atoms with Gasteiger partial charge in [-0.3, -0.25) is 4.79 Å². The average Bonchev–Trinajstić information content (AvgIpc) is 2.66. The van der Waals surface area contributed by atoms with Gasteiger partial charge in [0.1, 0.15) is 4.88 Å². The number of carboxylic acid groups (broad SMARTS) is 1. The molecule has 1 N–H and O–H groups in total. The number of hydrogen-bond donors (Lipinski definition) is 1. The minimum atomic E-state index is -1.01. The zero-order valence-corrected chi connectivity index (χ0v) is 11.2. The molecular formula is C10H9N3O3S2. The van der Waals surface area contributed by atoms with E-state index in [1.807, 2.05) is 0 Å². The van der Waals surface area contributed by atoms with Gasteiger partial charge in [0.2, 0.25) is 0 Å². The Hall–Kier alpha value is -1.67. The van der Waals surface area contributed by atoms with Crippen LogP contribution in [0.3, 0.4) is 0 Å². The Morgan fingerprint density at radius 3 is 2.89 bits per heavy atom. The summed E-state index contributed by atoms with van der Waals surface area (Å²) in [6.07, 6.45) is 3.07. The van der Waals surface area contributed by atoms with E-state index in [1.54, 1.807) is 20.2 Å². The smallest absolute Gasteiger partial charge is 0.347 e. The number of aromatic carboxylic acids is 1. The summed E-state index contributed by atoms with van der Waals surface area (Å²) in [6, 6.07) is 0. The Labute approximate surface area is 110 Å². The normalized spacial score (nSPS) is 10.6. The van der Waals surface area contributed by atoms with E-state index in [-0.39, 0.29) is 15.5 Å². The lowest BCUT2D eigenvalue weighted by atomic mass is 10.4. The van der Waals surface area contributed by atoms with Crippen molar-refractivity contribution >= 4 is 29.1 Å². The van der Waals surface area contributed by atoms with E-state index in [0.29, 0.717) is 10.0 Å². The first-order valence-electron chi connectivity index (χ1n) is 4.89. The highest BCUT2D eigenvalue weighted by Gasteiger charge is 2.16. The van der Waals surface area contributed by atoms with Gasteiger partial charge in [-0.25, -0.2) is 14.8 Å². The summed E-state index contributed by atoms with van der Waals surface area (Å²) in [5.74, 6) is -1.01. The molecule has 2 aromatic heterocycles. The molecule has 0 aromatic carbocycles. The van der Waals surface area contributed by atoms with E-state index < -0.39 is 5.97 Å². The van der Waals surface area contributed by atoms with E-state index in [4.69, 9.17) is 5.11 Å². The number of aromatic nitrogens is 3. The molecule has 8 heteroatoms. The highest BCUT2D eigenvalue weighted by molar-refractivity contribution is 8.01. The van der Waals surface area contributed by atoms with Crippen LogP contribution < -0.4 is 5.56 Å². The number of hydrogen-bond acceptors (Lipinski definition) is 6. The summed E-state index contributed by atoms with van der Waals surface area (Å²) < 4.78 is 1.91. The van der Waals surface area contributed by atoms with Crippen LogP contribution in [0.1, 0.15) is 15.4 Å². The Bertz CT molecular complexity index is 663. The summed E-state index contributed by atoms with van der Waals surface area (Å²) in [6.45, 7) is 1.63. The molecule has 0 radical (unpaired) electrons. The summed E-state index contributed by atoms with van der Waals surface area (Å²) in [5, 5.41) is 9.21. The van der Waals surface area contributed by atoms with Gasteiger partial charge in [0.25, 0.3) is 5.56 Å². The van der Waals surface area contributed by atoms with E-state index in [0.717, 1.165) is 23.1 Å². The second-order valence-electron chi connectivity index (χ2n) is 3.45. The number of nitrogens with zero attached hydrogens (tertiary/aromatic N) is 3. The van der Waals surface area contributed by atoms with Gasteiger partial charge < -0.3 is 9.67 Å². The molecule has 0 aliphatic rings.